The van der Waals surface area contributed by atoms with Gasteiger partial charge >= 0.3 is 0 Å². The molecular weight excluding hydrogens is 459 g/mol. The third-order valence-electron chi connectivity index (χ3n) is 3.43. The number of nitrogens with one attached hydrogen (secondary N) is 1. The highest BCUT2D eigenvalue weighted by Crippen LogP contribution is 2.30. The van der Waals surface area contributed by atoms with E-state index >= 15 is 0 Å². The number of amides is 1. The van der Waals surface area contributed by atoms with Crippen LogP contribution in [0.4, 0.5) is 5.13 Å². The van der Waals surface area contributed by atoms with Crippen LogP contribution in [-0.4, -0.2) is 30.8 Å². The fourth-order valence-corrected chi connectivity index (χ4v) is 3.90. The van der Waals surface area contributed by atoms with E-state index in [0.717, 1.165) is 6.26 Å². The Morgan fingerprint density at radius 1 is 1.24 bits per heavy atom. The van der Waals surface area contributed by atoms with Crippen LogP contribution in [0.1, 0.15) is 5.76 Å². The van der Waals surface area contributed by atoms with Crippen molar-refractivity contribution < 1.29 is 17.6 Å². The number of furan rings is 1. The summed E-state index contributed by atoms with van der Waals surface area (Å²) in [6.07, 6.45) is 2.22. The number of aromatic nitrogens is 2. The number of halogens is 2. The summed E-state index contributed by atoms with van der Waals surface area (Å²) < 4.78 is 28.2. The number of sulfone groups is 1. The first-order valence-corrected chi connectivity index (χ1v) is 11.2. The van der Waals surface area contributed by atoms with Gasteiger partial charge in [-0.3, -0.25) is 10.1 Å². The highest BCUT2D eigenvalue weighted by molar-refractivity contribution is 7.92. The number of anilines is 1. The number of benzene rings is 1. The van der Waals surface area contributed by atoms with E-state index in [1.54, 1.807) is 36.4 Å². The van der Waals surface area contributed by atoms with Crippen molar-refractivity contribution in [3.8, 4) is 17.4 Å². The van der Waals surface area contributed by atoms with Gasteiger partial charge in [-0.15, -0.1) is 10.2 Å². The van der Waals surface area contributed by atoms with E-state index in [9.17, 15) is 18.5 Å². The molecule has 3 aromatic rings. The van der Waals surface area contributed by atoms with Gasteiger partial charge < -0.3 is 4.42 Å². The Balaban J connectivity index is 1.80. The first-order valence-electron chi connectivity index (χ1n) is 7.69. The molecule has 0 unspecified atom stereocenters. The fraction of sp³-hybridized carbons (Fsp3) is 0.0588. The molecule has 0 spiro atoms. The van der Waals surface area contributed by atoms with Gasteiger partial charge in [-0.1, -0.05) is 34.5 Å². The van der Waals surface area contributed by atoms with Crippen molar-refractivity contribution >= 4 is 61.5 Å². The molecule has 1 aromatic carbocycles. The summed E-state index contributed by atoms with van der Waals surface area (Å²) in [5.41, 5.74) is 0.403. The summed E-state index contributed by atoms with van der Waals surface area (Å²) in [4.78, 5) is 12.3. The predicted octanol–water partition coefficient (Wildman–Crippen LogP) is 4.05. The quantitative estimate of drug-likeness (QED) is 0.339. The first kappa shape index (κ1) is 21.0. The molecule has 0 atom stereocenters. The number of nitriles is 1. The summed E-state index contributed by atoms with van der Waals surface area (Å²) in [7, 11) is -3.54. The standard InChI is InChI=1S/C17H10Cl2N4O4S2/c1-29(25,26)17-23-22-16(28-17)21-15(24)10(8-20)6-11-3-5-14(27-11)9-2-4-12(18)13(19)7-9/h2-7H,1H3,(H,21,22,24)/b10-6-. The average molecular weight is 469 g/mol. The topological polar surface area (TPSA) is 126 Å². The van der Waals surface area contributed by atoms with Crippen LogP contribution in [0.25, 0.3) is 17.4 Å². The van der Waals surface area contributed by atoms with E-state index in [0.29, 0.717) is 32.7 Å². The number of carbonyl (C=O) groups is 1. The number of nitrogens with zero attached hydrogens (tertiary/aromatic N) is 3. The number of carbonyl (C=O) groups excluding carboxylic acids is 1. The molecule has 3 rings (SSSR count). The zero-order valence-electron chi connectivity index (χ0n) is 14.5. The number of rotatable bonds is 5. The highest BCUT2D eigenvalue weighted by atomic mass is 35.5. The maximum atomic E-state index is 12.3. The molecule has 148 valence electrons. The van der Waals surface area contributed by atoms with Gasteiger partial charge in [0.15, 0.2) is 0 Å². The number of hydrogen-bond acceptors (Lipinski definition) is 8. The third kappa shape index (κ3) is 5.02. The van der Waals surface area contributed by atoms with Gasteiger partial charge in [-0.2, -0.15) is 5.26 Å². The summed E-state index contributed by atoms with van der Waals surface area (Å²) in [6, 6.07) is 9.96. The van der Waals surface area contributed by atoms with Crippen molar-refractivity contribution in [2.75, 3.05) is 11.6 Å². The zero-order valence-corrected chi connectivity index (χ0v) is 17.7. The van der Waals surface area contributed by atoms with E-state index < -0.39 is 15.7 Å². The SMILES string of the molecule is CS(=O)(=O)c1nnc(NC(=O)/C(C#N)=C\c2ccc(-c3ccc(Cl)c(Cl)c3)o2)s1. The maximum absolute atomic E-state index is 12.3. The van der Waals surface area contributed by atoms with Crippen LogP contribution in [0.15, 0.2) is 44.7 Å². The molecule has 1 N–H and O–H groups in total. The summed E-state index contributed by atoms with van der Waals surface area (Å²) in [5.74, 6) is -0.0579. The van der Waals surface area contributed by atoms with Crippen molar-refractivity contribution in [2.45, 2.75) is 4.34 Å². The van der Waals surface area contributed by atoms with Crippen LogP contribution in [0.3, 0.4) is 0 Å². The van der Waals surface area contributed by atoms with Crippen LogP contribution in [0.2, 0.25) is 10.0 Å². The van der Waals surface area contributed by atoms with E-state index in [-0.39, 0.29) is 20.8 Å². The van der Waals surface area contributed by atoms with Crippen molar-refractivity contribution in [1.29, 1.82) is 5.26 Å². The minimum absolute atomic E-state index is 0.0486. The minimum Gasteiger partial charge on any atom is -0.457 e. The molecule has 8 nitrogen and oxygen atoms in total. The largest absolute Gasteiger partial charge is 0.457 e. The summed E-state index contributed by atoms with van der Waals surface area (Å²) in [6.45, 7) is 0. The summed E-state index contributed by atoms with van der Waals surface area (Å²) in [5, 5.41) is 19.4. The maximum Gasteiger partial charge on any atom is 0.268 e. The van der Waals surface area contributed by atoms with Crippen LogP contribution in [0, 0.1) is 11.3 Å². The fourth-order valence-electron chi connectivity index (χ4n) is 2.10. The molecule has 0 saturated heterocycles. The molecule has 2 heterocycles. The Hall–Kier alpha value is -2.71. The van der Waals surface area contributed by atoms with Crippen LogP contribution >= 0.6 is 34.5 Å². The molecule has 2 aromatic heterocycles. The van der Waals surface area contributed by atoms with Crippen molar-refractivity contribution in [3.63, 3.8) is 0 Å². The lowest BCUT2D eigenvalue weighted by Crippen LogP contribution is -2.13. The van der Waals surface area contributed by atoms with Gasteiger partial charge in [0.2, 0.25) is 19.3 Å². The molecule has 0 aliphatic carbocycles. The van der Waals surface area contributed by atoms with E-state index in [2.05, 4.69) is 15.5 Å². The lowest BCUT2D eigenvalue weighted by Gasteiger charge is -2.00. The second kappa shape index (κ2) is 8.34. The Bertz CT molecular complexity index is 1270. The average Bonchev–Trinajstić information content (AvgIpc) is 3.31. The molecule has 1 amide bonds. The van der Waals surface area contributed by atoms with Gasteiger partial charge in [0.1, 0.15) is 23.2 Å². The predicted molar refractivity (Wildman–Crippen MR) is 109 cm³/mol. The molecule has 0 saturated carbocycles. The van der Waals surface area contributed by atoms with Crippen LogP contribution in [0.5, 0.6) is 0 Å². The van der Waals surface area contributed by atoms with Gasteiger partial charge in [0.05, 0.1) is 10.0 Å². The molecule has 0 aliphatic rings. The Morgan fingerprint density at radius 2 is 2.00 bits per heavy atom. The van der Waals surface area contributed by atoms with E-state index in [4.69, 9.17) is 27.6 Å². The molecule has 0 radical (unpaired) electrons. The van der Waals surface area contributed by atoms with Crippen LogP contribution < -0.4 is 5.32 Å². The normalized spacial score (nSPS) is 11.9. The second-order valence-electron chi connectivity index (χ2n) is 5.60. The lowest BCUT2D eigenvalue weighted by molar-refractivity contribution is -0.112. The second-order valence-corrected chi connectivity index (χ2v) is 9.58. The van der Waals surface area contributed by atoms with Gasteiger partial charge in [0.25, 0.3) is 5.91 Å². The lowest BCUT2D eigenvalue weighted by atomic mass is 10.2. The van der Waals surface area contributed by atoms with Crippen molar-refractivity contribution in [3.05, 3.63) is 51.7 Å². The Morgan fingerprint density at radius 3 is 2.62 bits per heavy atom. The molecule has 0 aliphatic heterocycles. The van der Waals surface area contributed by atoms with Gasteiger partial charge in [-0.25, -0.2) is 8.42 Å². The third-order valence-corrected chi connectivity index (χ3v) is 6.67. The van der Waals surface area contributed by atoms with Gasteiger partial charge in [-0.05, 0) is 30.3 Å². The monoisotopic (exact) mass is 468 g/mol. The molecule has 12 heteroatoms. The zero-order chi connectivity index (χ0) is 21.2. The first-order chi connectivity index (χ1) is 13.7. The molecular formula is C17H10Cl2N4O4S2. The summed E-state index contributed by atoms with van der Waals surface area (Å²) >= 11 is 12.6. The van der Waals surface area contributed by atoms with E-state index in [1.165, 1.54) is 6.08 Å². The van der Waals surface area contributed by atoms with Crippen molar-refractivity contribution in [2.24, 2.45) is 0 Å². The molecule has 0 bridgehead atoms. The Labute approximate surface area is 179 Å². The van der Waals surface area contributed by atoms with Crippen molar-refractivity contribution in [1.82, 2.24) is 10.2 Å². The smallest absolute Gasteiger partial charge is 0.268 e. The molecule has 29 heavy (non-hydrogen) atoms. The minimum atomic E-state index is -3.54. The van der Waals surface area contributed by atoms with E-state index in [1.807, 2.05) is 0 Å². The van der Waals surface area contributed by atoms with Gasteiger partial charge in [0, 0.05) is 17.9 Å². The Kier molecular flexibility index (Phi) is 6.04. The number of hydrogen-bond donors (Lipinski definition) is 1. The molecule has 0 fully saturated rings. The van der Waals surface area contributed by atoms with Crippen LogP contribution in [-0.2, 0) is 14.6 Å². The highest BCUT2D eigenvalue weighted by Gasteiger charge is 2.18.